The quantitative estimate of drug-likeness (QED) is 0.426. The summed E-state index contributed by atoms with van der Waals surface area (Å²) in [6.45, 7) is 1.58. The Hall–Kier alpha value is -1.21. The van der Waals surface area contributed by atoms with Gasteiger partial charge >= 0.3 is 11.8 Å². The average Bonchev–Trinajstić information content (AvgIpc) is 2.68. The van der Waals surface area contributed by atoms with Crippen LogP contribution in [0.5, 0.6) is 0 Å². The number of amides is 2. The normalized spacial score (nSPS) is 19.9. The fourth-order valence-corrected chi connectivity index (χ4v) is 1.85. The minimum atomic E-state index is -0.696. The van der Waals surface area contributed by atoms with Gasteiger partial charge < -0.3 is 21.3 Å². The van der Waals surface area contributed by atoms with Gasteiger partial charge in [-0.25, -0.2) is 0 Å². The Morgan fingerprint density at radius 1 is 1.41 bits per heavy atom. The minimum Gasteiger partial charge on any atom is -0.392 e. The second-order valence-electron chi connectivity index (χ2n) is 4.14. The summed E-state index contributed by atoms with van der Waals surface area (Å²) in [6, 6.07) is 0.322. The maximum absolute atomic E-state index is 11.4. The van der Waals surface area contributed by atoms with Gasteiger partial charge in [0.25, 0.3) is 0 Å². The van der Waals surface area contributed by atoms with Crippen LogP contribution in [0.1, 0.15) is 12.8 Å². The number of nitrogens with zero attached hydrogens (tertiary/aromatic N) is 1. The summed E-state index contributed by atoms with van der Waals surface area (Å²) in [5.74, 6) is -1.33. The van der Waals surface area contributed by atoms with Gasteiger partial charge in [0.15, 0.2) is 0 Å². The van der Waals surface area contributed by atoms with Crippen LogP contribution in [0, 0.1) is 0 Å². The van der Waals surface area contributed by atoms with Crippen molar-refractivity contribution < 1.29 is 9.59 Å². The molecule has 1 heterocycles. The van der Waals surface area contributed by atoms with Crippen LogP contribution in [0.25, 0.3) is 0 Å². The van der Waals surface area contributed by atoms with Gasteiger partial charge in [0, 0.05) is 12.6 Å². The third kappa shape index (κ3) is 4.66. The fraction of sp³-hybridized carbons (Fsp3) is 0.700. The molecular formula is C10H18N4O2S. The van der Waals surface area contributed by atoms with Crippen molar-refractivity contribution in [1.29, 1.82) is 0 Å². The summed E-state index contributed by atoms with van der Waals surface area (Å²) in [4.78, 5) is 25.0. The number of rotatable bonds is 4. The summed E-state index contributed by atoms with van der Waals surface area (Å²) >= 11 is 4.59. The van der Waals surface area contributed by atoms with Crippen LogP contribution in [0.15, 0.2) is 0 Å². The zero-order valence-electron chi connectivity index (χ0n) is 9.86. The van der Waals surface area contributed by atoms with Crippen molar-refractivity contribution >= 4 is 29.0 Å². The lowest BCUT2D eigenvalue weighted by atomic mass is 10.2. The van der Waals surface area contributed by atoms with Crippen LogP contribution >= 0.6 is 12.2 Å². The molecule has 7 heteroatoms. The molecule has 4 N–H and O–H groups in total. The highest BCUT2D eigenvalue weighted by atomic mass is 32.1. The van der Waals surface area contributed by atoms with E-state index in [1.165, 1.54) is 0 Å². The molecule has 2 amide bonds. The SMILES string of the molecule is CN1CCCC1CNC(=O)C(=O)NCC(N)=S. The molecule has 0 aromatic heterocycles. The predicted octanol–water partition coefficient (Wildman–Crippen LogP) is -1.40. The molecule has 96 valence electrons. The Bertz CT molecular complexity index is 321. The Kier molecular flexibility index (Phi) is 5.30. The lowest BCUT2D eigenvalue weighted by Crippen LogP contribution is -2.46. The van der Waals surface area contributed by atoms with Gasteiger partial charge in [0.2, 0.25) is 0 Å². The topological polar surface area (TPSA) is 87.5 Å². The van der Waals surface area contributed by atoms with Gasteiger partial charge in [-0.05, 0) is 26.4 Å². The zero-order chi connectivity index (χ0) is 12.8. The minimum absolute atomic E-state index is 0.0465. The van der Waals surface area contributed by atoms with Crippen LogP contribution in [-0.2, 0) is 9.59 Å². The van der Waals surface area contributed by atoms with Crippen molar-refractivity contribution in [2.24, 2.45) is 5.73 Å². The van der Waals surface area contributed by atoms with Crippen LogP contribution in [0.2, 0.25) is 0 Å². The van der Waals surface area contributed by atoms with Gasteiger partial charge in [-0.2, -0.15) is 0 Å². The van der Waals surface area contributed by atoms with E-state index in [1.54, 1.807) is 0 Å². The second kappa shape index (κ2) is 6.51. The van der Waals surface area contributed by atoms with E-state index >= 15 is 0 Å². The molecule has 1 rings (SSSR count). The molecule has 1 aliphatic heterocycles. The van der Waals surface area contributed by atoms with E-state index in [-0.39, 0.29) is 11.5 Å². The van der Waals surface area contributed by atoms with E-state index in [2.05, 4.69) is 27.8 Å². The summed E-state index contributed by atoms with van der Waals surface area (Å²) in [5, 5.41) is 4.94. The number of hydrogen-bond donors (Lipinski definition) is 3. The Balaban J connectivity index is 2.24. The summed E-state index contributed by atoms with van der Waals surface area (Å²) in [7, 11) is 2.01. The fourth-order valence-electron chi connectivity index (χ4n) is 1.78. The van der Waals surface area contributed by atoms with Crippen LogP contribution in [0.4, 0.5) is 0 Å². The maximum atomic E-state index is 11.4. The molecule has 6 nitrogen and oxygen atoms in total. The molecule has 17 heavy (non-hydrogen) atoms. The third-order valence-electron chi connectivity index (χ3n) is 2.80. The first-order valence-electron chi connectivity index (χ1n) is 5.55. The number of thiocarbonyl (C=S) groups is 1. The first kappa shape index (κ1) is 13.9. The average molecular weight is 258 g/mol. The standard InChI is InChI=1S/C10H18N4O2S/c1-14-4-2-3-7(14)5-12-9(15)10(16)13-6-8(11)17/h7H,2-6H2,1H3,(H2,11,17)(H,12,15)(H,13,16). The van der Waals surface area contributed by atoms with Gasteiger partial charge in [-0.1, -0.05) is 12.2 Å². The first-order chi connectivity index (χ1) is 8.00. The van der Waals surface area contributed by atoms with Crippen molar-refractivity contribution in [1.82, 2.24) is 15.5 Å². The first-order valence-corrected chi connectivity index (χ1v) is 5.96. The summed E-state index contributed by atoms with van der Waals surface area (Å²) in [6.07, 6.45) is 2.18. The number of nitrogens with two attached hydrogens (primary N) is 1. The highest BCUT2D eigenvalue weighted by molar-refractivity contribution is 7.80. The Labute approximate surface area is 106 Å². The molecule has 1 unspecified atom stereocenters. The van der Waals surface area contributed by atoms with Crippen LogP contribution < -0.4 is 16.4 Å². The molecule has 1 fully saturated rings. The van der Waals surface area contributed by atoms with Gasteiger partial charge in [-0.15, -0.1) is 0 Å². The zero-order valence-corrected chi connectivity index (χ0v) is 10.7. The van der Waals surface area contributed by atoms with E-state index in [1.807, 2.05) is 7.05 Å². The van der Waals surface area contributed by atoms with Gasteiger partial charge in [-0.3, -0.25) is 9.59 Å². The molecule has 1 atom stereocenters. The molecule has 0 saturated carbocycles. The smallest absolute Gasteiger partial charge is 0.309 e. The van der Waals surface area contributed by atoms with E-state index in [0.717, 1.165) is 19.4 Å². The number of likely N-dealkylation sites (tertiary alicyclic amines) is 1. The third-order valence-corrected chi connectivity index (χ3v) is 2.94. The molecule has 0 radical (unpaired) electrons. The highest BCUT2D eigenvalue weighted by Gasteiger charge is 2.22. The van der Waals surface area contributed by atoms with Crippen molar-refractivity contribution in [3.05, 3.63) is 0 Å². The van der Waals surface area contributed by atoms with Crippen molar-refractivity contribution in [2.45, 2.75) is 18.9 Å². The molecule has 0 aromatic rings. The van der Waals surface area contributed by atoms with Crippen molar-refractivity contribution in [3.8, 4) is 0 Å². The lowest BCUT2D eigenvalue weighted by Gasteiger charge is -2.19. The Morgan fingerprint density at radius 2 is 2.06 bits per heavy atom. The molecular weight excluding hydrogens is 240 g/mol. The molecule has 0 aliphatic carbocycles. The van der Waals surface area contributed by atoms with E-state index < -0.39 is 11.8 Å². The monoisotopic (exact) mass is 258 g/mol. The van der Waals surface area contributed by atoms with E-state index in [9.17, 15) is 9.59 Å². The molecule has 0 spiro atoms. The number of nitrogens with one attached hydrogen (secondary N) is 2. The number of carbonyl (C=O) groups excluding carboxylic acids is 2. The van der Waals surface area contributed by atoms with Crippen molar-refractivity contribution in [2.75, 3.05) is 26.7 Å². The maximum Gasteiger partial charge on any atom is 0.309 e. The van der Waals surface area contributed by atoms with Crippen LogP contribution in [0.3, 0.4) is 0 Å². The molecule has 1 saturated heterocycles. The lowest BCUT2D eigenvalue weighted by molar-refractivity contribution is -0.139. The predicted molar refractivity (Wildman–Crippen MR) is 68.5 cm³/mol. The van der Waals surface area contributed by atoms with E-state index in [0.29, 0.717) is 12.6 Å². The van der Waals surface area contributed by atoms with Gasteiger partial charge in [0.05, 0.1) is 11.5 Å². The second-order valence-corrected chi connectivity index (χ2v) is 4.66. The van der Waals surface area contributed by atoms with E-state index in [4.69, 9.17) is 5.73 Å². The van der Waals surface area contributed by atoms with Crippen molar-refractivity contribution in [3.63, 3.8) is 0 Å². The molecule has 0 aromatic carbocycles. The summed E-state index contributed by atoms with van der Waals surface area (Å²) in [5.41, 5.74) is 5.21. The molecule has 1 aliphatic rings. The number of carbonyl (C=O) groups is 2. The molecule has 0 bridgehead atoms. The summed E-state index contributed by atoms with van der Waals surface area (Å²) < 4.78 is 0. The Morgan fingerprint density at radius 3 is 2.59 bits per heavy atom. The number of hydrogen-bond acceptors (Lipinski definition) is 4. The highest BCUT2D eigenvalue weighted by Crippen LogP contribution is 2.13. The van der Waals surface area contributed by atoms with Crippen LogP contribution in [-0.4, -0.2) is 54.4 Å². The van der Waals surface area contributed by atoms with Gasteiger partial charge in [0.1, 0.15) is 0 Å². The largest absolute Gasteiger partial charge is 0.392 e. The number of likely N-dealkylation sites (N-methyl/N-ethyl adjacent to an activating group) is 1.